The number of nitrogens with zero attached hydrogens (tertiary/aromatic N) is 3. The molecule has 0 bridgehead atoms. The van der Waals surface area contributed by atoms with Crippen molar-refractivity contribution in [2.75, 3.05) is 13.1 Å². The van der Waals surface area contributed by atoms with Crippen LogP contribution in [0, 0.1) is 12.3 Å². The van der Waals surface area contributed by atoms with Gasteiger partial charge in [0.1, 0.15) is 11.6 Å². The van der Waals surface area contributed by atoms with Gasteiger partial charge in [-0.2, -0.15) is 0 Å². The molecule has 4 heterocycles. The van der Waals surface area contributed by atoms with E-state index in [2.05, 4.69) is 40.7 Å². The van der Waals surface area contributed by atoms with Gasteiger partial charge < -0.3 is 13.9 Å². The Kier molecular flexibility index (Phi) is 3.71. The molecule has 2 aliphatic heterocycles. The summed E-state index contributed by atoms with van der Waals surface area (Å²) >= 11 is 0. The third-order valence-electron chi connectivity index (χ3n) is 6.01. The second-order valence-corrected chi connectivity index (χ2v) is 8.01. The van der Waals surface area contributed by atoms with Gasteiger partial charge in [-0.3, -0.25) is 4.79 Å². The summed E-state index contributed by atoms with van der Waals surface area (Å²) in [5, 5.41) is 0. The lowest BCUT2D eigenvalue weighted by Crippen LogP contribution is -2.34. The SMILES string of the molecule is Cc1ccc(-c2cnc3n2C[C@@]2(CCN(C(=O)Cc4ccco4)C2)C3)cc1. The Bertz CT molecular complexity index is 972. The zero-order valence-electron chi connectivity index (χ0n) is 15.5. The molecule has 27 heavy (non-hydrogen) atoms. The number of fused-ring (bicyclic) bond motifs is 1. The maximum atomic E-state index is 12.6. The second kappa shape index (κ2) is 6.12. The molecule has 2 aromatic heterocycles. The minimum atomic E-state index is 0.127. The summed E-state index contributed by atoms with van der Waals surface area (Å²) in [5.74, 6) is 2.04. The van der Waals surface area contributed by atoms with Gasteiger partial charge >= 0.3 is 0 Å². The highest BCUT2D eigenvalue weighted by atomic mass is 16.3. The van der Waals surface area contributed by atoms with Crippen LogP contribution in [0.4, 0.5) is 0 Å². The average molecular weight is 361 g/mol. The molecule has 0 N–H and O–H groups in total. The maximum Gasteiger partial charge on any atom is 0.230 e. The number of hydrogen-bond donors (Lipinski definition) is 0. The molecule has 0 unspecified atom stereocenters. The molecular formula is C22H23N3O2. The molecular weight excluding hydrogens is 338 g/mol. The first-order valence-corrected chi connectivity index (χ1v) is 9.54. The number of furan rings is 1. The number of likely N-dealkylation sites (tertiary alicyclic amines) is 1. The van der Waals surface area contributed by atoms with Gasteiger partial charge in [0.2, 0.25) is 5.91 Å². The highest BCUT2D eigenvalue weighted by Crippen LogP contribution is 2.42. The first kappa shape index (κ1) is 16.4. The average Bonchev–Trinajstić information content (AvgIpc) is 3.42. The smallest absolute Gasteiger partial charge is 0.230 e. The van der Waals surface area contributed by atoms with Crippen molar-refractivity contribution in [3.8, 4) is 11.3 Å². The van der Waals surface area contributed by atoms with Gasteiger partial charge in [0, 0.05) is 31.5 Å². The van der Waals surface area contributed by atoms with E-state index in [0.29, 0.717) is 6.42 Å². The molecule has 1 fully saturated rings. The minimum Gasteiger partial charge on any atom is -0.469 e. The van der Waals surface area contributed by atoms with Crippen molar-refractivity contribution in [2.45, 2.75) is 32.7 Å². The molecule has 0 aliphatic carbocycles. The quantitative estimate of drug-likeness (QED) is 0.718. The molecule has 0 saturated carbocycles. The van der Waals surface area contributed by atoms with Gasteiger partial charge in [-0.15, -0.1) is 0 Å². The van der Waals surface area contributed by atoms with Crippen LogP contribution in [0.15, 0.2) is 53.3 Å². The van der Waals surface area contributed by atoms with Crippen molar-refractivity contribution in [3.63, 3.8) is 0 Å². The van der Waals surface area contributed by atoms with Crippen LogP contribution in [0.1, 0.15) is 23.6 Å². The molecule has 1 atom stereocenters. The fourth-order valence-electron chi connectivity index (χ4n) is 4.51. The van der Waals surface area contributed by atoms with E-state index < -0.39 is 0 Å². The van der Waals surface area contributed by atoms with E-state index in [9.17, 15) is 4.79 Å². The number of carbonyl (C=O) groups is 1. The largest absolute Gasteiger partial charge is 0.469 e. The Morgan fingerprint density at radius 2 is 2.07 bits per heavy atom. The Balaban J connectivity index is 1.32. The monoisotopic (exact) mass is 361 g/mol. The standard InChI is InChI=1S/C22H23N3O2/c1-16-4-6-17(7-5-16)19-13-23-20-12-22(15-25(19)20)8-9-24(14-22)21(26)11-18-3-2-10-27-18/h2-7,10,13H,8-9,11-12,14-15H2,1H3/t22-/m0/s1. The summed E-state index contributed by atoms with van der Waals surface area (Å²) in [4.78, 5) is 19.3. The summed E-state index contributed by atoms with van der Waals surface area (Å²) in [7, 11) is 0. The molecule has 5 rings (SSSR count). The van der Waals surface area contributed by atoms with Gasteiger partial charge in [-0.1, -0.05) is 29.8 Å². The number of hydrogen-bond acceptors (Lipinski definition) is 3. The lowest BCUT2D eigenvalue weighted by atomic mass is 9.86. The number of imidazole rings is 1. The Morgan fingerprint density at radius 1 is 1.22 bits per heavy atom. The third kappa shape index (κ3) is 2.87. The number of benzene rings is 1. The summed E-state index contributed by atoms with van der Waals surface area (Å²) < 4.78 is 7.68. The number of aromatic nitrogens is 2. The van der Waals surface area contributed by atoms with Crippen LogP contribution in [-0.2, 0) is 24.2 Å². The zero-order chi connectivity index (χ0) is 18.4. The Hall–Kier alpha value is -2.82. The van der Waals surface area contributed by atoms with Crippen molar-refractivity contribution in [2.24, 2.45) is 5.41 Å². The van der Waals surface area contributed by atoms with Crippen molar-refractivity contribution in [1.29, 1.82) is 0 Å². The molecule has 1 amide bonds. The molecule has 3 aromatic rings. The number of carbonyl (C=O) groups excluding carboxylic acids is 1. The third-order valence-corrected chi connectivity index (χ3v) is 6.01. The minimum absolute atomic E-state index is 0.127. The molecule has 5 heteroatoms. The molecule has 2 aliphatic rings. The maximum absolute atomic E-state index is 12.6. The van der Waals surface area contributed by atoms with Gasteiger partial charge in [-0.05, 0) is 31.0 Å². The van der Waals surface area contributed by atoms with E-state index in [-0.39, 0.29) is 11.3 Å². The van der Waals surface area contributed by atoms with Crippen molar-refractivity contribution in [1.82, 2.24) is 14.5 Å². The summed E-state index contributed by atoms with van der Waals surface area (Å²) in [6.45, 7) is 4.68. The topological polar surface area (TPSA) is 51.3 Å². The van der Waals surface area contributed by atoms with Crippen LogP contribution in [0.5, 0.6) is 0 Å². The molecule has 138 valence electrons. The van der Waals surface area contributed by atoms with Crippen molar-refractivity contribution >= 4 is 5.91 Å². The first-order valence-electron chi connectivity index (χ1n) is 9.54. The van der Waals surface area contributed by atoms with Crippen LogP contribution in [0.25, 0.3) is 11.3 Å². The van der Waals surface area contributed by atoms with E-state index >= 15 is 0 Å². The highest BCUT2D eigenvalue weighted by molar-refractivity contribution is 5.78. The fraction of sp³-hybridized carbons (Fsp3) is 0.364. The van der Waals surface area contributed by atoms with Crippen LogP contribution in [0.3, 0.4) is 0 Å². The van der Waals surface area contributed by atoms with Crippen LogP contribution in [0.2, 0.25) is 0 Å². The normalized spacial score (nSPS) is 21.1. The number of aryl methyl sites for hydroxylation is 1. The molecule has 1 saturated heterocycles. The number of rotatable bonds is 3. The zero-order valence-corrected chi connectivity index (χ0v) is 15.5. The van der Waals surface area contributed by atoms with E-state index in [0.717, 1.165) is 44.1 Å². The van der Waals surface area contributed by atoms with Crippen LogP contribution < -0.4 is 0 Å². The molecule has 1 spiro atoms. The predicted molar refractivity (Wildman–Crippen MR) is 102 cm³/mol. The second-order valence-electron chi connectivity index (χ2n) is 8.01. The van der Waals surface area contributed by atoms with Gasteiger partial charge in [0.05, 0.1) is 24.6 Å². The van der Waals surface area contributed by atoms with E-state index in [1.54, 1.807) is 6.26 Å². The Labute approximate surface area is 158 Å². The van der Waals surface area contributed by atoms with E-state index in [4.69, 9.17) is 4.42 Å². The molecule has 0 radical (unpaired) electrons. The lowest BCUT2D eigenvalue weighted by Gasteiger charge is -2.23. The summed E-state index contributed by atoms with van der Waals surface area (Å²) in [5.41, 5.74) is 3.78. The summed E-state index contributed by atoms with van der Waals surface area (Å²) in [6.07, 6.45) is 5.94. The highest BCUT2D eigenvalue weighted by Gasteiger charge is 2.45. The summed E-state index contributed by atoms with van der Waals surface area (Å²) in [6, 6.07) is 12.3. The van der Waals surface area contributed by atoms with Gasteiger partial charge in [-0.25, -0.2) is 4.98 Å². The fourth-order valence-corrected chi connectivity index (χ4v) is 4.51. The van der Waals surface area contributed by atoms with Gasteiger partial charge in [0.15, 0.2) is 0 Å². The predicted octanol–water partition coefficient (Wildman–Crippen LogP) is 3.47. The van der Waals surface area contributed by atoms with E-state index in [1.165, 1.54) is 16.8 Å². The van der Waals surface area contributed by atoms with Crippen molar-refractivity contribution in [3.05, 3.63) is 66.0 Å². The van der Waals surface area contributed by atoms with Crippen molar-refractivity contribution < 1.29 is 9.21 Å². The van der Waals surface area contributed by atoms with Crippen LogP contribution >= 0.6 is 0 Å². The molecule has 5 nitrogen and oxygen atoms in total. The van der Waals surface area contributed by atoms with E-state index in [1.807, 2.05) is 23.2 Å². The molecule has 1 aromatic carbocycles. The van der Waals surface area contributed by atoms with Gasteiger partial charge in [0.25, 0.3) is 0 Å². The Morgan fingerprint density at radius 3 is 2.85 bits per heavy atom. The van der Waals surface area contributed by atoms with Crippen LogP contribution in [-0.4, -0.2) is 33.4 Å². The number of amides is 1. The first-order chi connectivity index (χ1) is 13.1. The lowest BCUT2D eigenvalue weighted by molar-refractivity contribution is -0.130.